The molecule has 1 saturated heterocycles. The van der Waals surface area contributed by atoms with Gasteiger partial charge < -0.3 is 9.64 Å². The average Bonchev–Trinajstić information content (AvgIpc) is 2.57. The number of aromatic nitrogens is 2. The second-order valence-electron chi connectivity index (χ2n) is 5.21. The van der Waals surface area contributed by atoms with Crippen LogP contribution in [0.3, 0.4) is 0 Å². The van der Waals surface area contributed by atoms with E-state index >= 15 is 0 Å². The molecule has 2 amide bonds. The van der Waals surface area contributed by atoms with Crippen LogP contribution in [0, 0.1) is 5.82 Å². The van der Waals surface area contributed by atoms with Gasteiger partial charge in [0.05, 0.1) is 18.9 Å². The number of carbonyl (C=O) groups excluding carboxylic acids is 2. The molecule has 0 radical (unpaired) electrons. The van der Waals surface area contributed by atoms with E-state index in [1.165, 1.54) is 12.2 Å². The molecule has 8 nitrogen and oxygen atoms in total. The van der Waals surface area contributed by atoms with Gasteiger partial charge in [-0.05, 0) is 18.9 Å². The molecule has 1 aromatic heterocycles. The maximum atomic E-state index is 12.8. The van der Waals surface area contributed by atoms with E-state index in [1.807, 2.05) is 0 Å². The van der Waals surface area contributed by atoms with Crippen molar-refractivity contribution >= 4 is 11.8 Å². The standard InChI is InChI=1S/C14H14FN5O3/c15-9-6-16-14(17-7-9)23-10-2-1-5-20(8-10)13(22)11-3-4-12(21)19-18-11/h3-4,6-7,10-11H,1-2,5,8H2. The molecule has 120 valence electrons. The Labute approximate surface area is 131 Å². The summed E-state index contributed by atoms with van der Waals surface area (Å²) in [6, 6.07) is -0.693. The van der Waals surface area contributed by atoms with Crippen LogP contribution < -0.4 is 4.74 Å². The Morgan fingerprint density at radius 3 is 2.83 bits per heavy atom. The first-order valence-electron chi connectivity index (χ1n) is 7.18. The Morgan fingerprint density at radius 2 is 2.13 bits per heavy atom. The predicted octanol–water partition coefficient (Wildman–Crippen LogP) is 0.903. The van der Waals surface area contributed by atoms with Gasteiger partial charge in [-0.3, -0.25) is 9.59 Å². The summed E-state index contributed by atoms with van der Waals surface area (Å²) in [6.07, 6.45) is 5.95. The SMILES string of the molecule is O=C1C=CC(C(=O)N2CCCC(Oc3ncc(F)cn3)C2)N=N1. The molecule has 0 N–H and O–H groups in total. The first-order valence-corrected chi connectivity index (χ1v) is 7.18. The molecule has 1 aromatic rings. The van der Waals surface area contributed by atoms with Crippen molar-refractivity contribution in [2.24, 2.45) is 10.2 Å². The van der Waals surface area contributed by atoms with Crippen LogP contribution in [0.25, 0.3) is 0 Å². The summed E-state index contributed by atoms with van der Waals surface area (Å²) in [4.78, 5) is 32.4. The number of ether oxygens (including phenoxy) is 1. The number of azo groups is 1. The Morgan fingerprint density at radius 1 is 1.35 bits per heavy atom. The smallest absolute Gasteiger partial charge is 0.316 e. The maximum Gasteiger partial charge on any atom is 0.316 e. The van der Waals surface area contributed by atoms with Crippen LogP contribution in [0.1, 0.15) is 12.8 Å². The van der Waals surface area contributed by atoms with Crippen LogP contribution >= 0.6 is 0 Å². The van der Waals surface area contributed by atoms with Crippen molar-refractivity contribution in [3.05, 3.63) is 30.4 Å². The molecule has 1 fully saturated rings. The molecule has 3 heterocycles. The molecule has 0 spiro atoms. The highest BCUT2D eigenvalue weighted by molar-refractivity contribution is 5.92. The number of hydrogen-bond donors (Lipinski definition) is 0. The van der Waals surface area contributed by atoms with Crippen molar-refractivity contribution in [1.29, 1.82) is 0 Å². The van der Waals surface area contributed by atoms with Crippen molar-refractivity contribution in [3.8, 4) is 6.01 Å². The fourth-order valence-corrected chi connectivity index (χ4v) is 2.43. The predicted molar refractivity (Wildman–Crippen MR) is 75.0 cm³/mol. The van der Waals surface area contributed by atoms with Crippen molar-refractivity contribution in [3.63, 3.8) is 0 Å². The van der Waals surface area contributed by atoms with Gasteiger partial charge in [-0.25, -0.2) is 14.4 Å². The first kappa shape index (κ1) is 15.2. The van der Waals surface area contributed by atoms with Crippen LogP contribution in [0.5, 0.6) is 6.01 Å². The zero-order valence-corrected chi connectivity index (χ0v) is 12.1. The normalized spacial score (nSPS) is 23.9. The third kappa shape index (κ3) is 3.74. The summed E-state index contributed by atoms with van der Waals surface area (Å²) in [5.41, 5.74) is 0. The number of piperidine rings is 1. The molecule has 0 bridgehead atoms. The van der Waals surface area contributed by atoms with Gasteiger partial charge in [-0.2, -0.15) is 5.11 Å². The Bertz CT molecular complexity index is 645. The number of carbonyl (C=O) groups is 2. The lowest BCUT2D eigenvalue weighted by Crippen LogP contribution is -2.47. The van der Waals surface area contributed by atoms with Gasteiger partial charge in [0.2, 0.25) is 0 Å². The summed E-state index contributed by atoms with van der Waals surface area (Å²) in [5.74, 6) is -1.24. The number of hydrogen-bond acceptors (Lipinski definition) is 6. The summed E-state index contributed by atoms with van der Waals surface area (Å²) in [5, 5.41) is 7.08. The van der Waals surface area contributed by atoms with Gasteiger partial charge in [0.25, 0.3) is 11.8 Å². The van der Waals surface area contributed by atoms with Crippen molar-refractivity contribution in [2.75, 3.05) is 13.1 Å². The lowest BCUT2D eigenvalue weighted by Gasteiger charge is -2.33. The van der Waals surface area contributed by atoms with Crippen molar-refractivity contribution in [1.82, 2.24) is 14.9 Å². The van der Waals surface area contributed by atoms with E-state index < -0.39 is 17.8 Å². The molecule has 0 saturated carbocycles. The van der Waals surface area contributed by atoms with E-state index in [-0.39, 0.29) is 18.0 Å². The van der Waals surface area contributed by atoms with Crippen LogP contribution in [0.15, 0.2) is 34.8 Å². The Hall–Kier alpha value is -2.71. The summed E-state index contributed by atoms with van der Waals surface area (Å²) >= 11 is 0. The number of amides is 2. The minimum absolute atomic E-state index is 0.0774. The number of likely N-dealkylation sites (tertiary alicyclic amines) is 1. The number of halogens is 1. The second-order valence-corrected chi connectivity index (χ2v) is 5.21. The minimum atomic E-state index is -0.770. The van der Waals surface area contributed by atoms with Gasteiger partial charge in [0.1, 0.15) is 6.10 Å². The molecular weight excluding hydrogens is 305 g/mol. The highest BCUT2D eigenvalue weighted by Crippen LogP contribution is 2.17. The summed E-state index contributed by atoms with van der Waals surface area (Å²) in [7, 11) is 0. The highest BCUT2D eigenvalue weighted by atomic mass is 19.1. The first-order chi connectivity index (χ1) is 11.1. The quantitative estimate of drug-likeness (QED) is 0.824. The lowest BCUT2D eigenvalue weighted by atomic mass is 10.1. The van der Waals surface area contributed by atoms with E-state index in [4.69, 9.17) is 4.74 Å². The van der Waals surface area contributed by atoms with E-state index in [9.17, 15) is 14.0 Å². The third-order valence-corrected chi connectivity index (χ3v) is 3.51. The molecule has 2 aliphatic rings. The maximum absolute atomic E-state index is 12.8. The molecule has 9 heteroatoms. The fourth-order valence-electron chi connectivity index (χ4n) is 2.43. The monoisotopic (exact) mass is 319 g/mol. The largest absolute Gasteiger partial charge is 0.458 e. The van der Waals surface area contributed by atoms with Crippen LogP contribution in [0.2, 0.25) is 0 Å². The Kier molecular flexibility index (Phi) is 4.35. The molecule has 2 aliphatic heterocycles. The van der Waals surface area contributed by atoms with Crippen molar-refractivity contribution < 1.29 is 18.7 Å². The zero-order valence-electron chi connectivity index (χ0n) is 12.1. The minimum Gasteiger partial charge on any atom is -0.458 e. The molecule has 2 unspecified atom stereocenters. The van der Waals surface area contributed by atoms with E-state index in [0.717, 1.165) is 25.2 Å². The van der Waals surface area contributed by atoms with Gasteiger partial charge in [-0.15, -0.1) is 5.11 Å². The van der Waals surface area contributed by atoms with Gasteiger partial charge >= 0.3 is 6.01 Å². The topological polar surface area (TPSA) is 97.1 Å². The summed E-state index contributed by atoms with van der Waals surface area (Å²) < 4.78 is 18.4. The zero-order chi connectivity index (χ0) is 16.2. The van der Waals surface area contributed by atoms with E-state index in [2.05, 4.69) is 20.2 Å². The molecule has 23 heavy (non-hydrogen) atoms. The lowest BCUT2D eigenvalue weighted by molar-refractivity contribution is -0.134. The fraction of sp³-hybridized carbons (Fsp3) is 0.429. The molecule has 3 rings (SSSR count). The Balaban J connectivity index is 1.60. The molecule has 0 aromatic carbocycles. The average molecular weight is 319 g/mol. The van der Waals surface area contributed by atoms with Crippen LogP contribution in [-0.2, 0) is 9.59 Å². The summed E-state index contributed by atoms with van der Waals surface area (Å²) in [6.45, 7) is 0.935. The van der Waals surface area contributed by atoms with Gasteiger partial charge in [0, 0.05) is 12.6 Å². The molecule has 0 aliphatic carbocycles. The molecular formula is C14H14FN5O3. The molecule has 2 atom stereocenters. The van der Waals surface area contributed by atoms with E-state index in [1.54, 1.807) is 4.90 Å². The van der Waals surface area contributed by atoms with Gasteiger partial charge in [-0.1, -0.05) is 0 Å². The van der Waals surface area contributed by atoms with Crippen molar-refractivity contribution in [2.45, 2.75) is 25.0 Å². The highest BCUT2D eigenvalue weighted by Gasteiger charge is 2.30. The second kappa shape index (κ2) is 6.59. The number of rotatable bonds is 3. The number of nitrogens with zero attached hydrogens (tertiary/aromatic N) is 5. The van der Waals surface area contributed by atoms with Gasteiger partial charge in [0.15, 0.2) is 11.9 Å². The third-order valence-electron chi connectivity index (χ3n) is 3.51. The van der Waals surface area contributed by atoms with Crippen LogP contribution in [-0.4, -0.2) is 51.9 Å². The van der Waals surface area contributed by atoms with Crippen LogP contribution in [0.4, 0.5) is 4.39 Å². The van der Waals surface area contributed by atoms with E-state index in [0.29, 0.717) is 13.1 Å².